The average molecular weight is 317 g/mol. The normalized spacial score (nSPS) is 21.9. The van der Waals surface area contributed by atoms with E-state index in [2.05, 4.69) is 0 Å². The molecule has 23 heavy (non-hydrogen) atoms. The van der Waals surface area contributed by atoms with E-state index in [1.807, 2.05) is 52.0 Å². The number of rotatable bonds is 4. The van der Waals surface area contributed by atoms with E-state index in [1.54, 1.807) is 4.90 Å². The Labute approximate surface area is 138 Å². The zero-order valence-corrected chi connectivity index (χ0v) is 14.3. The molecule has 0 atom stereocenters. The molecular formula is C17H24BNO4. The summed E-state index contributed by atoms with van der Waals surface area (Å²) in [7, 11) is -0.422. The fourth-order valence-electron chi connectivity index (χ4n) is 2.53. The van der Waals surface area contributed by atoms with E-state index < -0.39 is 7.12 Å². The molecule has 2 heterocycles. The molecule has 3 rings (SSSR count). The van der Waals surface area contributed by atoms with Crippen LogP contribution in [0.1, 0.15) is 34.1 Å². The third-order valence-corrected chi connectivity index (χ3v) is 4.95. The Morgan fingerprint density at radius 3 is 2.43 bits per heavy atom. The fourth-order valence-corrected chi connectivity index (χ4v) is 2.53. The van der Waals surface area contributed by atoms with Crippen LogP contribution < -0.4 is 10.2 Å². The molecule has 0 bridgehead atoms. The van der Waals surface area contributed by atoms with Crippen molar-refractivity contribution in [2.45, 2.75) is 45.3 Å². The molecule has 1 aromatic carbocycles. The second-order valence-corrected chi connectivity index (χ2v) is 7.18. The van der Waals surface area contributed by atoms with Crippen LogP contribution in [0, 0.1) is 0 Å². The maximum Gasteiger partial charge on any atom is 0.494 e. The molecule has 0 spiro atoms. The van der Waals surface area contributed by atoms with Crippen LogP contribution in [0.4, 0.5) is 0 Å². The van der Waals surface area contributed by atoms with Crippen molar-refractivity contribution < 1.29 is 18.8 Å². The molecule has 0 aliphatic carbocycles. The Kier molecular flexibility index (Phi) is 4.15. The molecule has 5 nitrogen and oxygen atoms in total. The van der Waals surface area contributed by atoms with Gasteiger partial charge in [0.25, 0.3) is 5.91 Å². The van der Waals surface area contributed by atoms with Gasteiger partial charge in [0.2, 0.25) is 0 Å². The summed E-state index contributed by atoms with van der Waals surface area (Å²) in [6, 6.07) is 7.57. The summed E-state index contributed by atoms with van der Waals surface area (Å²) in [5.74, 6) is 0.698. The van der Waals surface area contributed by atoms with Gasteiger partial charge in [0.05, 0.1) is 11.2 Å². The van der Waals surface area contributed by atoms with Crippen molar-refractivity contribution in [3.05, 3.63) is 24.3 Å². The first-order valence-electron chi connectivity index (χ1n) is 8.15. The summed E-state index contributed by atoms with van der Waals surface area (Å²) in [6.45, 7) is 9.87. The standard InChI is InChI=1S/C17H24BNO4/c1-16(2)17(3,4)23-18(22-16)13-7-5-8-14(11-13)21-12-15(20)19-9-6-10-19/h5,7-8,11H,6,9-10,12H2,1-4H3. The number of carbonyl (C=O) groups excluding carboxylic acids is 1. The van der Waals surface area contributed by atoms with Gasteiger partial charge in [-0.05, 0) is 51.7 Å². The van der Waals surface area contributed by atoms with Crippen molar-refractivity contribution in [3.63, 3.8) is 0 Å². The lowest BCUT2D eigenvalue weighted by molar-refractivity contribution is -0.136. The topological polar surface area (TPSA) is 48.0 Å². The van der Waals surface area contributed by atoms with Gasteiger partial charge in [0.1, 0.15) is 5.75 Å². The van der Waals surface area contributed by atoms with Crippen molar-refractivity contribution in [2.24, 2.45) is 0 Å². The van der Waals surface area contributed by atoms with Gasteiger partial charge in [-0.15, -0.1) is 0 Å². The third kappa shape index (κ3) is 3.24. The predicted octanol–water partition coefficient (Wildman–Crippen LogP) is 1.60. The third-order valence-electron chi connectivity index (χ3n) is 4.95. The van der Waals surface area contributed by atoms with E-state index in [-0.39, 0.29) is 23.7 Å². The average Bonchev–Trinajstić information content (AvgIpc) is 2.64. The summed E-state index contributed by atoms with van der Waals surface area (Å²) in [5.41, 5.74) is 0.154. The van der Waals surface area contributed by atoms with E-state index in [0.29, 0.717) is 5.75 Å². The van der Waals surface area contributed by atoms with Crippen LogP contribution in [0.2, 0.25) is 0 Å². The number of carbonyl (C=O) groups is 1. The number of likely N-dealkylation sites (tertiary alicyclic amines) is 1. The number of nitrogens with zero attached hydrogens (tertiary/aromatic N) is 1. The van der Waals surface area contributed by atoms with Crippen molar-refractivity contribution >= 4 is 18.5 Å². The van der Waals surface area contributed by atoms with Crippen LogP contribution in [0.15, 0.2) is 24.3 Å². The maximum atomic E-state index is 11.9. The van der Waals surface area contributed by atoms with Gasteiger partial charge < -0.3 is 18.9 Å². The highest BCUT2D eigenvalue weighted by Gasteiger charge is 2.51. The smallest absolute Gasteiger partial charge is 0.484 e. The lowest BCUT2D eigenvalue weighted by Gasteiger charge is -2.32. The van der Waals surface area contributed by atoms with E-state index in [1.165, 1.54) is 0 Å². The van der Waals surface area contributed by atoms with E-state index in [4.69, 9.17) is 14.0 Å². The van der Waals surface area contributed by atoms with Crippen molar-refractivity contribution in [1.82, 2.24) is 4.90 Å². The monoisotopic (exact) mass is 317 g/mol. The lowest BCUT2D eigenvalue weighted by Crippen LogP contribution is -2.44. The molecule has 2 fully saturated rings. The summed E-state index contributed by atoms with van der Waals surface area (Å²) < 4.78 is 17.7. The Bertz CT molecular complexity index is 582. The summed E-state index contributed by atoms with van der Waals surface area (Å²) >= 11 is 0. The minimum atomic E-state index is -0.422. The zero-order chi connectivity index (χ0) is 16.7. The Balaban J connectivity index is 1.65. The number of hydrogen-bond acceptors (Lipinski definition) is 4. The van der Waals surface area contributed by atoms with Crippen molar-refractivity contribution in [1.29, 1.82) is 0 Å². The number of ether oxygens (including phenoxy) is 1. The van der Waals surface area contributed by atoms with Gasteiger partial charge >= 0.3 is 7.12 Å². The molecule has 2 aliphatic heterocycles. The second-order valence-electron chi connectivity index (χ2n) is 7.18. The van der Waals surface area contributed by atoms with Crippen molar-refractivity contribution in [2.75, 3.05) is 19.7 Å². The van der Waals surface area contributed by atoms with Crippen LogP contribution in [0.3, 0.4) is 0 Å². The summed E-state index contributed by atoms with van der Waals surface area (Å²) in [6.07, 6.45) is 1.09. The molecule has 0 unspecified atom stereocenters. The highest BCUT2D eigenvalue weighted by atomic mass is 16.7. The molecule has 0 saturated carbocycles. The lowest BCUT2D eigenvalue weighted by atomic mass is 9.79. The van der Waals surface area contributed by atoms with E-state index >= 15 is 0 Å². The Morgan fingerprint density at radius 1 is 1.22 bits per heavy atom. The summed E-state index contributed by atoms with van der Waals surface area (Å²) in [4.78, 5) is 13.7. The molecular weight excluding hydrogens is 293 g/mol. The number of benzene rings is 1. The first kappa shape index (κ1) is 16.3. The molecule has 124 valence electrons. The van der Waals surface area contributed by atoms with Gasteiger partial charge in [0, 0.05) is 13.1 Å². The molecule has 0 radical (unpaired) electrons. The Morgan fingerprint density at radius 2 is 1.87 bits per heavy atom. The van der Waals surface area contributed by atoms with Crippen LogP contribution in [-0.4, -0.2) is 48.8 Å². The molecule has 0 aromatic heterocycles. The molecule has 1 aromatic rings. The van der Waals surface area contributed by atoms with Gasteiger partial charge in [-0.3, -0.25) is 4.79 Å². The van der Waals surface area contributed by atoms with Gasteiger partial charge in [-0.25, -0.2) is 0 Å². The quantitative estimate of drug-likeness (QED) is 0.792. The highest BCUT2D eigenvalue weighted by molar-refractivity contribution is 6.62. The first-order chi connectivity index (χ1) is 10.8. The number of amides is 1. The largest absolute Gasteiger partial charge is 0.494 e. The minimum Gasteiger partial charge on any atom is -0.484 e. The molecule has 2 aliphatic rings. The minimum absolute atomic E-state index is 0.0392. The predicted molar refractivity (Wildman–Crippen MR) is 88.9 cm³/mol. The molecule has 0 N–H and O–H groups in total. The van der Waals surface area contributed by atoms with Crippen molar-refractivity contribution in [3.8, 4) is 5.75 Å². The second kappa shape index (κ2) is 5.84. The van der Waals surface area contributed by atoms with Crippen LogP contribution in [-0.2, 0) is 14.1 Å². The van der Waals surface area contributed by atoms with Gasteiger partial charge in [-0.1, -0.05) is 12.1 Å². The summed E-state index contributed by atoms with van der Waals surface area (Å²) in [5, 5.41) is 0. The van der Waals surface area contributed by atoms with Crippen LogP contribution in [0.25, 0.3) is 0 Å². The number of hydrogen-bond donors (Lipinski definition) is 0. The maximum absolute atomic E-state index is 11.9. The molecule has 1 amide bonds. The SMILES string of the molecule is CC1(C)OB(c2cccc(OCC(=O)N3CCC3)c2)OC1(C)C. The van der Waals surface area contributed by atoms with Gasteiger partial charge in [0.15, 0.2) is 6.61 Å². The molecule has 2 saturated heterocycles. The first-order valence-corrected chi connectivity index (χ1v) is 8.15. The zero-order valence-electron chi connectivity index (χ0n) is 14.3. The van der Waals surface area contributed by atoms with Crippen LogP contribution in [0.5, 0.6) is 5.75 Å². The Hall–Kier alpha value is -1.53. The van der Waals surface area contributed by atoms with E-state index in [9.17, 15) is 4.79 Å². The van der Waals surface area contributed by atoms with E-state index in [0.717, 1.165) is 25.0 Å². The molecule has 6 heteroatoms. The van der Waals surface area contributed by atoms with Crippen LogP contribution >= 0.6 is 0 Å². The van der Waals surface area contributed by atoms with Gasteiger partial charge in [-0.2, -0.15) is 0 Å². The highest BCUT2D eigenvalue weighted by Crippen LogP contribution is 2.36. The fraction of sp³-hybridized carbons (Fsp3) is 0.588.